The summed E-state index contributed by atoms with van der Waals surface area (Å²) in [5.41, 5.74) is 2.18. The van der Waals surface area contributed by atoms with E-state index in [2.05, 4.69) is 4.90 Å². The minimum atomic E-state index is -3.51. The Labute approximate surface area is 171 Å². The maximum Gasteiger partial charge on any atom is 0.253 e. The Hall–Kier alpha value is -2.71. The fraction of sp³-hybridized carbons (Fsp3) is 0.333. The fourth-order valence-electron chi connectivity index (χ4n) is 3.24. The summed E-state index contributed by atoms with van der Waals surface area (Å²) < 4.78 is 25.4. The standard InChI is InChI=1S/C21H25N3O4S/c1-16(25)17-4-8-19(9-5-17)23-12-14-24(15-13-23)21(26)18-6-10-20(11-7-18)29(27,28)22(2)3/h4-11H,12-15H2,1-3H3. The maximum absolute atomic E-state index is 12.8. The van der Waals surface area contributed by atoms with Crippen LogP contribution in [0.15, 0.2) is 53.4 Å². The van der Waals surface area contributed by atoms with Crippen LogP contribution in [0.1, 0.15) is 27.6 Å². The van der Waals surface area contributed by atoms with Crippen molar-refractivity contribution >= 4 is 27.4 Å². The second-order valence-corrected chi connectivity index (χ2v) is 9.35. The average Bonchev–Trinajstić information content (AvgIpc) is 2.73. The topological polar surface area (TPSA) is 78.0 Å². The van der Waals surface area contributed by atoms with Gasteiger partial charge in [0.25, 0.3) is 5.91 Å². The van der Waals surface area contributed by atoms with Crippen molar-refractivity contribution in [3.8, 4) is 0 Å². The normalized spacial score (nSPS) is 14.9. The van der Waals surface area contributed by atoms with E-state index in [0.29, 0.717) is 37.3 Å². The Morgan fingerprint density at radius 1 is 0.828 bits per heavy atom. The molecule has 8 heteroatoms. The van der Waals surface area contributed by atoms with Crippen molar-refractivity contribution in [2.45, 2.75) is 11.8 Å². The molecule has 0 aromatic heterocycles. The van der Waals surface area contributed by atoms with Crippen molar-refractivity contribution in [2.75, 3.05) is 45.2 Å². The number of nitrogens with zero attached hydrogens (tertiary/aromatic N) is 3. The molecule has 154 valence electrons. The number of piperazine rings is 1. The number of carbonyl (C=O) groups excluding carboxylic acids is 2. The van der Waals surface area contributed by atoms with Gasteiger partial charge in [0.05, 0.1) is 4.90 Å². The lowest BCUT2D eigenvalue weighted by atomic mass is 10.1. The molecule has 2 aromatic rings. The molecule has 0 N–H and O–H groups in total. The smallest absolute Gasteiger partial charge is 0.253 e. The zero-order valence-corrected chi connectivity index (χ0v) is 17.6. The van der Waals surface area contributed by atoms with Crippen LogP contribution in [0.25, 0.3) is 0 Å². The first-order valence-electron chi connectivity index (χ1n) is 9.38. The van der Waals surface area contributed by atoms with Gasteiger partial charge in [0.2, 0.25) is 10.0 Å². The highest BCUT2D eigenvalue weighted by Gasteiger charge is 2.23. The highest BCUT2D eigenvalue weighted by atomic mass is 32.2. The molecule has 29 heavy (non-hydrogen) atoms. The molecule has 3 rings (SSSR count). The molecule has 1 heterocycles. The summed E-state index contributed by atoms with van der Waals surface area (Å²) in [5.74, 6) is -0.0678. The number of anilines is 1. The molecule has 0 aliphatic carbocycles. The molecular formula is C21H25N3O4S. The first kappa shape index (κ1) is 21.0. The largest absolute Gasteiger partial charge is 0.368 e. The summed E-state index contributed by atoms with van der Waals surface area (Å²) in [6.45, 7) is 4.08. The van der Waals surface area contributed by atoms with Crippen molar-refractivity contribution in [1.82, 2.24) is 9.21 Å². The number of benzene rings is 2. The fourth-order valence-corrected chi connectivity index (χ4v) is 4.14. The molecule has 1 fully saturated rings. The SMILES string of the molecule is CC(=O)c1ccc(N2CCN(C(=O)c3ccc(S(=O)(=O)N(C)C)cc3)CC2)cc1. The van der Waals surface area contributed by atoms with Crippen LogP contribution in [-0.2, 0) is 10.0 Å². The van der Waals surface area contributed by atoms with Crippen LogP contribution in [0.3, 0.4) is 0 Å². The Morgan fingerprint density at radius 3 is 1.83 bits per heavy atom. The molecule has 1 aliphatic heterocycles. The Kier molecular flexibility index (Phi) is 6.04. The third-order valence-corrected chi connectivity index (χ3v) is 6.92. The molecule has 0 spiro atoms. The van der Waals surface area contributed by atoms with E-state index in [0.717, 1.165) is 9.99 Å². The number of amides is 1. The van der Waals surface area contributed by atoms with Crippen molar-refractivity contribution < 1.29 is 18.0 Å². The molecule has 1 amide bonds. The number of hydrogen-bond acceptors (Lipinski definition) is 5. The number of Topliss-reactive ketones (excluding diaryl/α,β-unsaturated/α-hetero) is 1. The number of sulfonamides is 1. The van der Waals surface area contributed by atoms with Gasteiger partial charge in [-0.15, -0.1) is 0 Å². The van der Waals surface area contributed by atoms with Crippen LogP contribution in [0.5, 0.6) is 0 Å². The van der Waals surface area contributed by atoms with Crippen LogP contribution < -0.4 is 4.90 Å². The van der Waals surface area contributed by atoms with E-state index in [-0.39, 0.29) is 16.6 Å². The number of hydrogen-bond donors (Lipinski definition) is 0. The van der Waals surface area contributed by atoms with E-state index in [1.54, 1.807) is 24.0 Å². The zero-order valence-electron chi connectivity index (χ0n) is 16.8. The van der Waals surface area contributed by atoms with Crippen molar-refractivity contribution in [2.24, 2.45) is 0 Å². The summed E-state index contributed by atoms with van der Waals surface area (Å²) >= 11 is 0. The van der Waals surface area contributed by atoms with Crippen LogP contribution in [0.4, 0.5) is 5.69 Å². The molecule has 0 radical (unpaired) electrons. The monoisotopic (exact) mass is 415 g/mol. The van der Waals surface area contributed by atoms with Gasteiger partial charge in [-0.3, -0.25) is 9.59 Å². The Balaban J connectivity index is 1.63. The first-order chi connectivity index (χ1) is 13.7. The van der Waals surface area contributed by atoms with Crippen molar-refractivity contribution in [1.29, 1.82) is 0 Å². The average molecular weight is 416 g/mol. The van der Waals surface area contributed by atoms with E-state index in [1.165, 1.54) is 26.2 Å². The molecule has 0 saturated carbocycles. The minimum absolute atomic E-state index is 0.0383. The van der Waals surface area contributed by atoms with Crippen molar-refractivity contribution in [3.05, 3.63) is 59.7 Å². The number of ketones is 1. The predicted molar refractivity (Wildman–Crippen MR) is 112 cm³/mol. The van der Waals surface area contributed by atoms with E-state index in [9.17, 15) is 18.0 Å². The number of carbonyl (C=O) groups is 2. The Bertz CT molecular complexity index is 991. The van der Waals surface area contributed by atoms with E-state index < -0.39 is 10.0 Å². The van der Waals surface area contributed by atoms with Crippen LogP contribution in [-0.4, -0.2) is 69.6 Å². The van der Waals surface area contributed by atoms with Gasteiger partial charge in [0, 0.05) is 57.1 Å². The zero-order chi connectivity index (χ0) is 21.2. The lowest BCUT2D eigenvalue weighted by molar-refractivity contribution is 0.0746. The summed E-state index contributed by atoms with van der Waals surface area (Å²) in [5, 5.41) is 0. The maximum atomic E-state index is 12.8. The number of rotatable bonds is 5. The third kappa shape index (κ3) is 4.49. The predicted octanol–water partition coefficient (Wildman–Crippen LogP) is 2.10. The molecular weight excluding hydrogens is 390 g/mol. The Morgan fingerprint density at radius 2 is 1.34 bits per heavy atom. The van der Waals surface area contributed by atoms with E-state index in [1.807, 2.05) is 24.3 Å². The van der Waals surface area contributed by atoms with Gasteiger partial charge < -0.3 is 9.80 Å². The van der Waals surface area contributed by atoms with Gasteiger partial charge in [-0.1, -0.05) is 0 Å². The minimum Gasteiger partial charge on any atom is -0.368 e. The van der Waals surface area contributed by atoms with Gasteiger partial charge in [-0.25, -0.2) is 12.7 Å². The van der Waals surface area contributed by atoms with Crippen LogP contribution >= 0.6 is 0 Å². The molecule has 0 unspecified atom stereocenters. The lowest BCUT2D eigenvalue weighted by Crippen LogP contribution is -2.48. The van der Waals surface area contributed by atoms with Gasteiger partial charge in [0.1, 0.15) is 0 Å². The molecule has 1 aliphatic rings. The van der Waals surface area contributed by atoms with E-state index >= 15 is 0 Å². The highest BCUT2D eigenvalue weighted by Crippen LogP contribution is 2.20. The molecule has 0 bridgehead atoms. The second-order valence-electron chi connectivity index (χ2n) is 7.19. The molecule has 2 aromatic carbocycles. The first-order valence-corrected chi connectivity index (χ1v) is 10.8. The summed E-state index contributed by atoms with van der Waals surface area (Å²) in [7, 11) is -0.563. The molecule has 7 nitrogen and oxygen atoms in total. The third-order valence-electron chi connectivity index (χ3n) is 5.09. The van der Waals surface area contributed by atoms with Gasteiger partial charge in [-0.2, -0.15) is 0 Å². The van der Waals surface area contributed by atoms with Gasteiger partial charge in [-0.05, 0) is 55.5 Å². The lowest BCUT2D eigenvalue weighted by Gasteiger charge is -2.36. The summed E-state index contributed by atoms with van der Waals surface area (Å²) in [4.78, 5) is 28.3. The van der Waals surface area contributed by atoms with Crippen LogP contribution in [0.2, 0.25) is 0 Å². The highest BCUT2D eigenvalue weighted by molar-refractivity contribution is 7.89. The molecule has 0 atom stereocenters. The van der Waals surface area contributed by atoms with E-state index in [4.69, 9.17) is 0 Å². The summed E-state index contributed by atoms with van der Waals surface area (Å²) in [6.07, 6.45) is 0. The van der Waals surface area contributed by atoms with Gasteiger partial charge >= 0.3 is 0 Å². The van der Waals surface area contributed by atoms with Crippen LogP contribution in [0, 0.1) is 0 Å². The van der Waals surface area contributed by atoms with Crippen molar-refractivity contribution in [3.63, 3.8) is 0 Å². The second kappa shape index (κ2) is 8.34. The summed E-state index contributed by atoms with van der Waals surface area (Å²) in [6, 6.07) is 13.6. The van der Waals surface area contributed by atoms with Gasteiger partial charge in [0.15, 0.2) is 5.78 Å². The molecule has 1 saturated heterocycles. The quantitative estimate of drug-likeness (QED) is 0.699.